The molecule has 0 fully saturated rings. The van der Waals surface area contributed by atoms with Gasteiger partial charge in [-0.05, 0) is 30.2 Å². The maximum Gasteiger partial charge on any atom is 0.115 e. The van der Waals surface area contributed by atoms with Gasteiger partial charge in [0.1, 0.15) is 5.75 Å². The van der Waals surface area contributed by atoms with Gasteiger partial charge < -0.3 is 9.84 Å². The first-order chi connectivity index (χ1) is 5.27. The summed E-state index contributed by atoms with van der Waals surface area (Å²) in [5.74, 6) is 0.321. The summed E-state index contributed by atoms with van der Waals surface area (Å²) < 4.78 is 5.37. The lowest BCUT2D eigenvalue weighted by Crippen LogP contribution is -1.86. The number of phenols is 1. The predicted octanol–water partition coefficient (Wildman–Crippen LogP) is 1.98. The first kappa shape index (κ1) is 6.68. The molecule has 1 unspecified atom stereocenters. The fraction of sp³-hybridized carbons (Fsp3) is 0.333. The number of rotatable bonds is 0. The van der Waals surface area contributed by atoms with E-state index in [1.54, 1.807) is 12.1 Å². The van der Waals surface area contributed by atoms with Gasteiger partial charge in [0, 0.05) is 0 Å². The molecule has 0 radical (unpaired) electrons. The van der Waals surface area contributed by atoms with Crippen molar-refractivity contribution in [2.45, 2.75) is 19.6 Å². The highest BCUT2D eigenvalue weighted by Gasteiger charge is 2.18. The van der Waals surface area contributed by atoms with Crippen LogP contribution in [0.2, 0.25) is 0 Å². The summed E-state index contributed by atoms with van der Waals surface area (Å²) in [6.07, 6.45) is 0.186. The van der Waals surface area contributed by atoms with Crippen molar-refractivity contribution >= 4 is 0 Å². The predicted molar refractivity (Wildman–Crippen MR) is 41.3 cm³/mol. The maximum absolute atomic E-state index is 9.13. The second kappa shape index (κ2) is 2.24. The SMILES string of the molecule is CC1OCc2cc(O)ccc21. The molecule has 2 nitrogen and oxygen atoms in total. The number of fused-ring (bicyclic) bond motifs is 1. The average molecular weight is 150 g/mol. The maximum atomic E-state index is 9.13. The number of hydrogen-bond donors (Lipinski definition) is 1. The zero-order chi connectivity index (χ0) is 7.84. The van der Waals surface area contributed by atoms with E-state index in [9.17, 15) is 0 Å². The summed E-state index contributed by atoms with van der Waals surface area (Å²) in [5, 5.41) is 9.13. The average Bonchev–Trinajstić information content (AvgIpc) is 2.32. The summed E-state index contributed by atoms with van der Waals surface area (Å²) >= 11 is 0. The lowest BCUT2D eigenvalue weighted by atomic mass is 10.1. The molecule has 0 bridgehead atoms. The van der Waals surface area contributed by atoms with Crippen molar-refractivity contribution in [2.75, 3.05) is 0 Å². The lowest BCUT2D eigenvalue weighted by molar-refractivity contribution is 0.0796. The van der Waals surface area contributed by atoms with Gasteiger partial charge in [-0.25, -0.2) is 0 Å². The molecule has 0 spiro atoms. The van der Waals surface area contributed by atoms with Crippen LogP contribution in [0.4, 0.5) is 0 Å². The van der Waals surface area contributed by atoms with Crippen molar-refractivity contribution in [3.63, 3.8) is 0 Å². The molecular weight excluding hydrogens is 140 g/mol. The fourth-order valence-electron chi connectivity index (χ4n) is 1.42. The van der Waals surface area contributed by atoms with Gasteiger partial charge in [0.15, 0.2) is 0 Å². The minimum atomic E-state index is 0.186. The van der Waals surface area contributed by atoms with E-state index in [2.05, 4.69) is 0 Å². The Kier molecular flexibility index (Phi) is 1.36. The minimum absolute atomic E-state index is 0.186. The normalized spacial score (nSPS) is 21.7. The van der Waals surface area contributed by atoms with Crippen LogP contribution in [0.15, 0.2) is 18.2 Å². The number of benzene rings is 1. The van der Waals surface area contributed by atoms with Gasteiger partial charge in [0.05, 0.1) is 12.7 Å². The van der Waals surface area contributed by atoms with Gasteiger partial charge in [0.25, 0.3) is 0 Å². The number of ether oxygens (including phenoxy) is 1. The zero-order valence-electron chi connectivity index (χ0n) is 6.37. The third kappa shape index (κ3) is 0.994. The Balaban J connectivity index is 2.50. The Hall–Kier alpha value is -1.02. The van der Waals surface area contributed by atoms with Crippen LogP contribution in [-0.4, -0.2) is 5.11 Å². The molecule has 1 aliphatic rings. The summed E-state index contributed by atoms with van der Waals surface area (Å²) in [4.78, 5) is 0. The first-order valence-electron chi connectivity index (χ1n) is 3.71. The number of hydrogen-bond acceptors (Lipinski definition) is 2. The Morgan fingerprint density at radius 1 is 1.55 bits per heavy atom. The minimum Gasteiger partial charge on any atom is -0.508 e. The summed E-state index contributed by atoms with van der Waals surface area (Å²) in [7, 11) is 0. The highest BCUT2D eigenvalue weighted by molar-refractivity contribution is 5.37. The van der Waals surface area contributed by atoms with Crippen LogP contribution in [0.5, 0.6) is 5.75 Å². The zero-order valence-corrected chi connectivity index (χ0v) is 6.37. The van der Waals surface area contributed by atoms with Crippen molar-refractivity contribution in [3.05, 3.63) is 29.3 Å². The molecule has 0 saturated heterocycles. The van der Waals surface area contributed by atoms with Crippen LogP contribution in [0.25, 0.3) is 0 Å². The Bertz CT molecular complexity index is 281. The van der Waals surface area contributed by atoms with Gasteiger partial charge in [-0.3, -0.25) is 0 Å². The van der Waals surface area contributed by atoms with Crippen molar-refractivity contribution in [3.8, 4) is 5.75 Å². The van der Waals surface area contributed by atoms with Gasteiger partial charge in [0.2, 0.25) is 0 Å². The monoisotopic (exact) mass is 150 g/mol. The molecule has 0 amide bonds. The smallest absolute Gasteiger partial charge is 0.115 e. The van der Waals surface area contributed by atoms with Crippen molar-refractivity contribution in [1.82, 2.24) is 0 Å². The van der Waals surface area contributed by atoms with Crippen LogP contribution in [-0.2, 0) is 11.3 Å². The number of phenolic OH excluding ortho intramolecular Hbond substituents is 1. The molecule has 0 aromatic heterocycles. The molecular formula is C9H10O2. The summed E-state index contributed by atoms with van der Waals surface area (Å²) in [6, 6.07) is 5.38. The Labute approximate surface area is 65.4 Å². The molecule has 1 aliphatic heterocycles. The molecule has 1 N–H and O–H groups in total. The highest BCUT2D eigenvalue weighted by atomic mass is 16.5. The van der Waals surface area contributed by atoms with E-state index >= 15 is 0 Å². The summed E-state index contributed by atoms with van der Waals surface area (Å²) in [5.41, 5.74) is 2.31. The quantitative estimate of drug-likeness (QED) is 0.612. The molecule has 1 aromatic carbocycles. The van der Waals surface area contributed by atoms with Crippen molar-refractivity contribution in [1.29, 1.82) is 0 Å². The molecule has 2 heteroatoms. The summed E-state index contributed by atoms with van der Waals surface area (Å²) in [6.45, 7) is 2.65. The highest BCUT2D eigenvalue weighted by Crippen LogP contribution is 2.31. The van der Waals surface area contributed by atoms with E-state index in [0.29, 0.717) is 12.4 Å². The van der Waals surface area contributed by atoms with E-state index in [1.807, 2.05) is 13.0 Å². The van der Waals surface area contributed by atoms with Crippen LogP contribution in [0, 0.1) is 0 Å². The van der Waals surface area contributed by atoms with E-state index in [1.165, 1.54) is 5.56 Å². The van der Waals surface area contributed by atoms with E-state index < -0.39 is 0 Å². The molecule has 11 heavy (non-hydrogen) atoms. The Morgan fingerprint density at radius 3 is 3.18 bits per heavy atom. The van der Waals surface area contributed by atoms with E-state index in [4.69, 9.17) is 9.84 Å². The molecule has 0 saturated carbocycles. The molecule has 0 aliphatic carbocycles. The van der Waals surface area contributed by atoms with Crippen molar-refractivity contribution in [2.24, 2.45) is 0 Å². The molecule has 2 rings (SSSR count). The Morgan fingerprint density at radius 2 is 2.36 bits per heavy atom. The van der Waals surface area contributed by atoms with E-state index in [-0.39, 0.29) is 6.10 Å². The second-order valence-electron chi connectivity index (χ2n) is 2.84. The molecule has 58 valence electrons. The van der Waals surface area contributed by atoms with Crippen molar-refractivity contribution < 1.29 is 9.84 Å². The standard InChI is InChI=1S/C9H10O2/c1-6-9-3-2-8(10)4-7(9)5-11-6/h2-4,6,10H,5H2,1H3. The third-order valence-electron chi connectivity index (χ3n) is 2.05. The van der Waals surface area contributed by atoms with Gasteiger partial charge in [-0.1, -0.05) is 6.07 Å². The van der Waals surface area contributed by atoms with Gasteiger partial charge in [-0.15, -0.1) is 0 Å². The number of aromatic hydroxyl groups is 1. The second-order valence-corrected chi connectivity index (χ2v) is 2.84. The van der Waals surface area contributed by atoms with Crippen LogP contribution >= 0.6 is 0 Å². The topological polar surface area (TPSA) is 29.5 Å². The molecule has 1 aromatic rings. The molecule has 1 heterocycles. The third-order valence-corrected chi connectivity index (χ3v) is 2.05. The molecule has 1 atom stereocenters. The van der Waals surface area contributed by atoms with E-state index in [0.717, 1.165) is 5.56 Å². The van der Waals surface area contributed by atoms with Crippen LogP contribution < -0.4 is 0 Å². The fourth-order valence-corrected chi connectivity index (χ4v) is 1.42. The van der Waals surface area contributed by atoms with Gasteiger partial charge in [-0.2, -0.15) is 0 Å². The van der Waals surface area contributed by atoms with Crippen LogP contribution in [0.1, 0.15) is 24.2 Å². The first-order valence-corrected chi connectivity index (χ1v) is 3.71. The van der Waals surface area contributed by atoms with Crippen LogP contribution in [0.3, 0.4) is 0 Å². The largest absolute Gasteiger partial charge is 0.508 e. The van der Waals surface area contributed by atoms with Gasteiger partial charge >= 0.3 is 0 Å². The lowest BCUT2D eigenvalue weighted by Gasteiger charge is -2.01.